The lowest BCUT2D eigenvalue weighted by Gasteiger charge is -2.08. The van der Waals surface area contributed by atoms with Crippen molar-refractivity contribution in [2.45, 2.75) is 6.42 Å². The first kappa shape index (κ1) is 17.3. The van der Waals surface area contributed by atoms with Crippen molar-refractivity contribution in [1.82, 2.24) is 0 Å². The first-order valence-corrected chi connectivity index (χ1v) is 7.79. The van der Waals surface area contributed by atoms with Gasteiger partial charge in [-0.2, -0.15) is 0 Å². The molecule has 0 unspecified atom stereocenters. The van der Waals surface area contributed by atoms with Crippen LogP contribution in [0.2, 0.25) is 0 Å². The third kappa shape index (κ3) is 3.94. The number of hydrogen-bond acceptors (Lipinski definition) is 6. The second-order valence-electron chi connectivity index (χ2n) is 5.36. The highest BCUT2D eigenvalue weighted by Gasteiger charge is 2.10. The molecule has 0 aliphatic rings. The van der Waals surface area contributed by atoms with Crippen molar-refractivity contribution in [1.29, 1.82) is 0 Å². The molecule has 3 rings (SSSR count). The third-order valence-electron chi connectivity index (χ3n) is 3.59. The van der Waals surface area contributed by atoms with Gasteiger partial charge >= 0.3 is 5.97 Å². The Labute approximate surface area is 148 Å². The molecule has 26 heavy (non-hydrogen) atoms. The smallest absolute Gasteiger partial charge is 0.306 e. The summed E-state index contributed by atoms with van der Waals surface area (Å²) in [6, 6.07) is 11.5. The lowest BCUT2D eigenvalue weighted by atomic mass is 10.2. The molecule has 0 amide bonds. The van der Waals surface area contributed by atoms with E-state index in [0.717, 1.165) is 0 Å². The third-order valence-corrected chi connectivity index (χ3v) is 3.59. The number of carbonyl (C=O) groups is 1. The average molecular weight is 356 g/mol. The Hall–Kier alpha value is -3.48. The molecule has 0 fully saturated rings. The molecule has 3 aromatic rings. The van der Waals surface area contributed by atoms with Gasteiger partial charge in [0, 0.05) is 6.07 Å². The molecule has 0 atom stereocenters. The number of methoxy groups -OCH3 is 1. The zero-order chi connectivity index (χ0) is 18.5. The van der Waals surface area contributed by atoms with Crippen LogP contribution in [0.1, 0.15) is 6.42 Å². The number of carboxylic acid groups (broad SMARTS) is 1. The number of ether oxygens (including phenoxy) is 3. The van der Waals surface area contributed by atoms with Crippen LogP contribution in [0.4, 0.5) is 0 Å². The van der Waals surface area contributed by atoms with Gasteiger partial charge in [0.2, 0.25) is 11.2 Å². The first-order valence-electron chi connectivity index (χ1n) is 7.79. The van der Waals surface area contributed by atoms with Crippen molar-refractivity contribution in [2.24, 2.45) is 0 Å². The summed E-state index contributed by atoms with van der Waals surface area (Å²) in [6.07, 6.45) is 1.12. The van der Waals surface area contributed by atoms with Gasteiger partial charge in [-0.25, -0.2) is 0 Å². The summed E-state index contributed by atoms with van der Waals surface area (Å²) in [5, 5.41) is 8.95. The van der Waals surface area contributed by atoms with Gasteiger partial charge in [-0.3, -0.25) is 9.59 Å². The average Bonchev–Trinajstić information content (AvgIpc) is 2.64. The van der Waals surface area contributed by atoms with E-state index in [1.807, 2.05) is 0 Å². The molecule has 2 aromatic carbocycles. The standard InChI is InChI=1S/C19H16O7/c1-23-12-2-4-13(5-3-12)26-17-11-25-16-10-14(24-9-8-18(20)21)6-7-15(16)19(17)22/h2-7,10-11H,8-9H2,1H3,(H,20,21). The van der Waals surface area contributed by atoms with Gasteiger partial charge in [0.15, 0.2) is 0 Å². The van der Waals surface area contributed by atoms with Crippen LogP contribution in [0, 0.1) is 0 Å². The topological polar surface area (TPSA) is 95.2 Å². The zero-order valence-corrected chi connectivity index (χ0v) is 13.9. The zero-order valence-electron chi connectivity index (χ0n) is 13.9. The summed E-state index contributed by atoms with van der Waals surface area (Å²) in [7, 11) is 1.56. The van der Waals surface area contributed by atoms with E-state index in [1.165, 1.54) is 12.3 Å². The predicted octanol–water partition coefficient (Wildman–Crippen LogP) is 3.45. The van der Waals surface area contributed by atoms with Crippen molar-refractivity contribution in [2.75, 3.05) is 13.7 Å². The van der Waals surface area contributed by atoms with Gasteiger partial charge in [-0.1, -0.05) is 0 Å². The summed E-state index contributed by atoms with van der Waals surface area (Å²) >= 11 is 0. The number of carboxylic acids is 1. The Morgan fingerprint density at radius 2 is 1.77 bits per heavy atom. The highest BCUT2D eigenvalue weighted by atomic mass is 16.5. The van der Waals surface area contributed by atoms with Gasteiger partial charge in [0.25, 0.3) is 0 Å². The summed E-state index contributed by atoms with van der Waals surface area (Å²) in [5.41, 5.74) is 0.00376. The van der Waals surface area contributed by atoms with Crippen LogP contribution in [0.15, 0.2) is 57.9 Å². The van der Waals surface area contributed by atoms with Crippen LogP contribution in [0.25, 0.3) is 11.0 Å². The van der Waals surface area contributed by atoms with E-state index in [-0.39, 0.29) is 24.2 Å². The number of benzene rings is 2. The van der Waals surface area contributed by atoms with Gasteiger partial charge < -0.3 is 23.7 Å². The molecule has 1 N–H and O–H groups in total. The van der Waals surface area contributed by atoms with Crippen molar-refractivity contribution in [3.05, 3.63) is 59.0 Å². The molecule has 0 spiro atoms. The molecule has 134 valence electrons. The van der Waals surface area contributed by atoms with E-state index >= 15 is 0 Å². The fourth-order valence-electron chi connectivity index (χ4n) is 2.28. The molecule has 0 aliphatic carbocycles. The SMILES string of the molecule is COc1ccc(Oc2coc3cc(OCCC(=O)O)ccc3c2=O)cc1. The van der Waals surface area contributed by atoms with E-state index < -0.39 is 5.97 Å². The highest BCUT2D eigenvalue weighted by Crippen LogP contribution is 2.25. The maximum atomic E-state index is 12.5. The molecule has 0 saturated carbocycles. The van der Waals surface area contributed by atoms with Crippen molar-refractivity contribution < 1.29 is 28.5 Å². The molecule has 1 aromatic heterocycles. The summed E-state index contributed by atoms with van der Waals surface area (Å²) in [6.45, 7) is 0.0315. The van der Waals surface area contributed by atoms with Crippen LogP contribution < -0.4 is 19.6 Å². The number of rotatable bonds is 7. The van der Waals surface area contributed by atoms with E-state index in [9.17, 15) is 9.59 Å². The predicted molar refractivity (Wildman–Crippen MR) is 93.3 cm³/mol. The Morgan fingerprint density at radius 3 is 2.46 bits per heavy atom. The largest absolute Gasteiger partial charge is 0.497 e. The lowest BCUT2D eigenvalue weighted by Crippen LogP contribution is -2.06. The van der Waals surface area contributed by atoms with Gasteiger partial charge in [-0.15, -0.1) is 0 Å². The van der Waals surface area contributed by atoms with Crippen LogP contribution in [0.3, 0.4) is 0 Å². The minimum absolute atomic E-state index is 0.0315. The summed E-state index contributed by atoms with van der Waals surface area (Å²) in [5.74, 6) is 0.690. The second-order valence-corrected chi connectivity index (χ2v) is 5.36. The quantitative estimate of drug-likeness (QED) is 0.693. The van der Waals surface area contributed by atoms with Gasteiger partial charge in [0.1, 0.15) is 29.1 Å². The molecule has 0 saturated heterocycles. The van der Waals surface area contributed by atoms with Crippen molar-refractivity contribution in [3.63, 3.8) is 0 Å². The second kappa shape index (κ2) is 7.60. The number of fused-ring (bicyclic) bond motifs is 1. The van der Waals surface area contributed by atoms with Crippen molar-refractivity contribution >= 4 is 16.9 Å². The number of aliphatic carboxylic acids is 1. The molecule has 0 bridgehead atoms. The monoisotopic (exact) mass is 356 g/mol. The van der Waals surface area contributed by atoms with E-state index in [4.69, 9.17) is 23.7 Å². The molecule has 0 aliphatic heterocycles. The molecule has 7 heteroatoms. The fourth-order valence-corrected chi connectivity index (χ4v) is 2.28. The molecular formula is C19H16O7. The minimum Gasteiger partial charge on any atom is -0.497 e. The first-order chi connectivity index (χ1) is 12.6. The molecule has 0 radical (unpaired) electrons. The highest BCUT2D eigenvalue weighted by molar-refractivity contribution is 5.79. The Kier molecular flexibility index (Phi) is 5.07. The van der Waals surface area contributed by atoms with Crippen LogP contribution >= 0.6 is 0 Å². The Balaban J connectivity index is 1.81. The Morgan fingerprint density at radius 1 is 1.08 bits per heavy atom. The number of hydrogen-bond donors (Lipinski definition) is 1. The van der Waals surface area contributed by atoms with E-state index in [0.29, 0.717) is 28.2 Å². The van der Waals surface area contributed by atoms with Gasteiger partial charge in [-0.05, 0) is 36.4 Å². The van der Waals surface area contributed by atoms with Crippen molar-refractivity contribution in [3.8, 4) is 23.0 Å². The molecule has 1 heterocycles. The van der Waals surface area contributed by atoms with E-state index in [2.05, 4.69) is 0 Å². The lowest BCUT2D eigenvalue weighted by molar-refractivity contribution is -0.137. The van der Waals surface area contributed by atoms with Crippen LogP contribution in [0.5, 0.6) is 23.0 Å². The van der Waals surface area contributed by atoms with Gasteiger partial charge in [0.05, 0.1) is 25.5 Å². The summed E-state index contributed by atoms with van der Waals surface area (Å²) in [4.78, 5) is 23.1. The Bertz CT molecular complexity index is 973. The maximum Gasteiger partial charge on any atom is 0.306 e. The minimum atomic E-state index is -0.947. The fraction of sp³-hybridized carbons (Fsp3) is 0.158. The summed E-state index contributed by atoms with van der Waals surface area (Å²) < 4.78 is 21.4. The molecular weight excluding hydrogens is 340 g/mol. The van der Waals surface area contributed by atoms with E-state index in [1.54, 1.807) is 43.5 Å². The maximum absolute atomic E-state index is 12.5. The van der Waals surface area contributed by atoms with Crippen LogP contribution in [-0.2, 0) is 4.79 Å². The van der Waals surface area contributed by atoms with Crippen LogP contribution in [-0.4, -0.2) is 24.8 Å². The molecule has 7 nitrogen and oxygen atoms in total. The normalized spacial score (nSPS) is 10.5.